The second-order valence-corrected chi connectivity index (χ2v) is 8.08. The van der Waals surface area contributed by atoms with Gasteiger partial charge < -0.3 is 19.9 Å². The van der Waals surface area contributed by atoms with Crippen molar-refractivity contribution in [1.82, 2.24) is 15.1 Å². The Kier molecular flexibility index (Phi) is 6.04. The second-order valence-electron chi connectivity index (χ2n) is 8.08. The molecule has 2 aromatic carbocycles. The molecule has 0 bridgehead atoms. The van der Waals surface area contributed by atoms with E-state index < -0.39 is 6.10 Å². The van der Waals surface area contributed by atoms with E-state index in [4.69, 9.17) is 4.74 Å². The lowest BCUT2D eigenvalue weighted by Crippen LogP contribution is -2.57. The molecule has 4 rings (SSSR count). The SMILES string of the molecule is C[C@H](Oc1cccc2c1CCNC2)C(=O)N1CCN(C(=O)c2ccccc2)C[C@H]1C. The Morgan fingerprint density at radius 1 is 1.10 bits per heavy atom. The number of ether oxygens (including phenoxy) is 1. The Labute approximate surface area is 177 Å². The molecule has 0 aliphatic carbocycles. The van der Waals surface area contributed by atoms with E-state index in [1.807, 2.05) is 66.1 Å². The molecule has 0 spiro atoms. The van der Waals surface area contributed by atoms with Crippen molar-refractivity contribution < 1.29 is 14.3 Å². The van der Waals surface area contributed by atoms with Crippen molar-refractivity contribution in [3.05, 3.63) is 65.2 Å². The van der Waals surface area contributed by atoms with Crippen molar-refractivity contribution >= 4 is 11.8 Å². The van der Waals surface area contributed by atoms with Crippen LogP contribution in [0.15, 0.2) is 48.5 Å². The number of nitrogens with one attached hydrogen (secondary N) is 1. The molecule has 1 N–H and O–H groups in total. The molecule has 2 heterocycles. The van der Waals surface area contributed by atoms with Crippen LogP contribution in [0.3, 0.4) is 0 Å². The number of benzene rings is 2. The fourth-order valence-corrected chi connectivity index (χ4v) is 4.31. The maximum atomic E-state index is 13.1. The van der Waals surface area contributed by atoms with Gasteiger partial charge in [0.1, 0.15) is 5.75 Å². The van der Waals surface area contributed by atoms with Crippen LogP contribution in [-0.4, -0.2) is 59.9 Å². The van der Waals surface area contributed by atoms with Gasteiger partial charge in [-0.15, -0.1) is 0 Å². The number of rotatable bonds is 4. The molecule has 0 radical (unpaired) electrons. The van der Waals surface area contributed by atoms with Gasteiger partial charge in [0.2, 0.25) is 0 Å². The lowest BCUT2D eigenvalue weighted by atomic mass is 10.00. The van der Waals surface area contributed by atoms with E-state index in [0.29, 0.717) is 25.2 Å². The smallest absolute Gasteiger partial charge is 0.263 e. The largest absolute Gasteiger partial charge is 0.481 e. The Morgan fingerprint density at radius 3 is 2.67 bits per heavy atom. The van der Waals surface area contributed by atoms with E-state index in [0.717, 1.165) is 25.3 Å². The third-order valence-corrected chi connectivity index (χ3v) is 5.97. The van der Waals surface area contributed by atoms with Crippen LogP contribution in [0.2, 0.25) is 0 Å². The summed E-state index contributed by atoms with van der Waals surface area (Å²) in [5.41, 5.74) is 3.12. The average molecular weight is 408 g/mol. The molecule has 30 heavy (non-hydrogen) atoms. The number of hydrogen-bond acceptors (Lipinski definition) is 4. The maximum Gasteiger partial charge on any atom is 0.263 e. The van der Waals surface area contributed by atoms with Gasteiger partial charge in [-0.1, -0.05) is 30.3 Å². The minimum absolute atomic E-state index is 0.0170. The first-order chi connectivity index (χ1) is 14.5. The molecular formula is C24H29N3O3. The number of fused-ring (bicyclic) bond motifs is 1. The summed E-state index contributed by atoms with van der Waals surface area (Å²) in [4.78, 5) is 29.5. The van der Waals surface area contributed by atoms with Crippen LogP contribution in [0.25, 0.3) is 0 Å². The van der Waals surface area contributed by atoms with Crippen LogP contribution in [0.5, 0.6) is 5.75 Å². The molecule has 1 saturated heterocycles. The number of piperazine rings is 1. The molecule has 158 valence electrons. The zero-order valence-electron chi connectivity index (χ0n) is 17.6. The third-order valence-electron chi connectivity index (χ3n) is 5.97. The zero-order valence-corrected chi connectivity index (χ0v) is 17.6. The lowest BCUT2D eigenvalue weighted by Gasteiger charge is -2.41. The van der Waals surface area contributed by atoms with Crippen molar-refractivity contribution in [2.24, 2.45) is 0 Å². The fourth-order valence-electron chi connectivity index (χ4n) is 4.31. The van der Waals surface area contributed by atoms with Gasteiger partial charge in [0.25, 0.3) is 11.8 Å². The van der Waals surface area contributed by atoms with Crippen molar-refractivity contribution in [3.8, 4) is 5.75 Å². The quantitative estimate of drug-likeness (QED) is 0.846. The monoisotopic (exact) mass is 407 g/mol. The summed E-state index contributed by atoms with van der Waals surface area (Å²) >= 11 is 0. The number of amides is 2. The Hall–Kier alpha value is -2.86. The van der Waals surface area contributed by atoms with Crippen molar-refractivity contribution in [1.29, 1.82) is 0 Å². The molecule has 2 aliphatic rings. The van der Waals surface area contributed by atoms with Gasteiger partial charge in [-0.25, -0.2) is 0 Å². The summed E-state index contributed by atoms with van der Waals surface area (Å²) in [6, 6.07) is 15.3. The van der Waals surface area contributed by atoms with E-state index in [-0.39, 0.29) is 17.9 Å². The van der Waals surface area contributed by atoms with E-state index in [9.17, 15) is 9.59 Å². The van der Waals surface area contributed by atoms with Crippen LogP contribution in [0.1, 0.15) is 35.3 Å². The Balaban J connectivity index is 1.39. The number of hydrogen-bond donors (Lipinski definition) is 1. The van der Waals surface area contributed by atoms with Crippen LogP contribution in [-0.2, 0) is 17.8 Å². The normalized spacial score (nSPS) is 19.7. The van der Waals surface area contributed by atoms with Crippen molar-refractivity contribution in [2.45, 2.75) is 39.0 Å². The highest BCUT2D eigenvalue weighted by atomic mass is 16.5. The van der Waals surface area contributed by atoms with E-state index in [2.05, 4.69) is 11.4 Å². The van der Waals surface area contributed by atoms with Gasteiger partial charge in [0.15, 0.2) is 6.10 Å². The molecular weight excluding hydrogens is 378 g/mol. The maximum absolute atomic E-state index is 13.1. The van der Waals surface area contributed by atoms with Crippen LogP contribution < -0.4 is 10.1 Å². The van der Waals surface area contributed by atoms with Gasteiger partial charge in [-0.2, -0.15) is 0 Å². The van der Waals surface area contributed by atoms with E-state index >= 15 is 0 Å². The first-order valence-electron chi connectivity index (χ1n) is 10.7. The van der Waals surface area contributed by atoms with Crippen LogP contribution in [0, 0.1) is 0 Å². The highest BCUT2D eigenvalue weighted by molar-refractivity contribution is 5.94. The minimum Gasteiger partial charge on any atom is -0.481 e. The molecule has 6 nitrogen and oxygen atoms in total. The van der Waals surface area contributed by atoms with Crippen molar-refractivity contribution in [3.63, 3.8) is 0 Å². The number of nitrogens with zero attached hydrogens (tertiary/aromatic N) is 2. The number of carbonyl (C=O) groups excluding carboxylic acids is 2. The van der Waals surface area contributed by atoms with E-state index in [1.54, 1.807) is 0 Å². The summed E-state index contributed by atoms with van der Waals surface area (Å²) in [6.45, 7) is 7.14. The Morgan fingerprint density at radius 2 is 1.90 bits per heavy atom. The fraction of sp³-hybridized carbons (Fsp3) is 0.417. The molecule has 2 aromatic rings. The second kappa shape index (κ2) is 8.88. The predicted molar refractivity (Wildman–Crippen MR) is 115 cm³/mol. The summed E-state index contributed by atoms with van der Waals surface area (Å²) < 4.78 is 6.12. The first kappa shape index (κ1) is 20.4. The highest BCUT2D eigenvalue weighted by Crippen LogP contribution is 2.26. The molecule has 0 unspecified atom stereocenters. The molecule has 0 aromatic heterocycles. The lowest BCUT2D eigenvalue weighted by molar-refractivity contribution is -0.142. The molecule has 2 atom stereocenters. The summed E-state index contributed by atoms with van der Waals surface area (Å²) in [5.74, 6) is 0.796. The van der Waals surface area contributed by atoms with E-state index in [1.165, 1.54) is 11.1 Å². The summed E-state index contributed by atoms with van der Waals surface area (Å²) in [6.07, 6.45) is 0.341. The van der Waals surface area contributed by atoms with Gasteiger partial charge in [-0.05, 0) is 56.1 Å². The third kappa shape index (κ3) is 4.19. The average Bonchev–Trinajstić information content (AvgIpc) is 2.79. The standard InChI is InChI=1S/C24H29N3O3/c1-17-16-26(24(29)19-7-4-3-5-8-19)13-14-27(17)23(28)18(2)30-22-10-6-9-20-15-25-12-11-21(20)22/h3-10,17-18,25H,11-16H2,1-2H3/t17-,18+/m1/s1. The van der Waals surface area contributed by atoms with Gasteiger partial charge in [0, 0.05) is 37.8 Å². The molecule has 1 fully saturated rings. The first-order valence-corrected chi connectivity index (χ1v) is 10.7. The predicted octanol–water partition coefficient (Wildman–Crippen LogP) is 2.47. The molecule has 0 saturated carbocycles. The van der Waals surface area contributed by atoms with Gasteiger partial charge in [-0.3, -0.25) is 9.59 Å². The summed E-state index contributed by atoms with van der Waals surface area (Å²) in [5, 5.41) is 3.36. The molecule has 6 heteroatoms. The summed E-state index contributed by atoms with van der Waals surface area (Å²) in [7, 11) is 0. The van der Waals surface area contributed by atoms with Crippen LogP contribution in [0.4, 0.5) is 0 Å². The van der Waals surface area contributed by atoms with Crippen LogP contribution >= 0.6 is 0 Å². The highest BCUT2D eigenvalue weighted by Gasteiger charge is 2.33. The number of carbonyl (C=O) groups is 2. The molecule has 2 amide bonds. The zero-order chi connectivity index (χ0) is 21.1. The topological polar surface area (TPSA) is 61.9 Å². The van der Waals surface area contributed by atoms with Crippen molar-refractivity contribution in [2.75, 3.05) is 26.2 Å². The van der Waals surface area contributed by atoms with Gasteiger partial charge in [0.05, 0.1) is 0 Å². The molecule has 2 aliphatic heterocycles. The Bertz CT molecular complexity index is 915. The van der Waals surface area contributed by atoms with Gasteiger partial charge >= 0.3 is 0 Å². The minimum atomic E-state index is -0.565.